The Morgan fingerprint density at radius 1 is 1.10 bits per heavy atom. The summed E-state index contributed by atoms with van der Waals surface area (Å²) in [6.45, 7) is 7.27. The number of rotatable bonds is 5. The van der Waals surface area contributed by atoms with Crippen LogP contribution in [0, 0.1) is 0 Å². The van der Waals surface area contributed by atoms with Gasteiger partial charge < -0.3 is 14.8 Å². The van der Waals surface area contributed by atoms with E-state index < -0.39 is 0 Å². The fraction of sp³-hybridized carbons (Fsp3) is 0.304. The van der Waals surface area contributed by atoms with E-state index in [0.717, 1.165) is 54.7 Å². The number of carbonyl (C=O) groups is 1. The van der Waals surface area contributed by atoms with Crippen LogP contribution in [0.5, 0.6) is 0 Å². The first-order valence-corrected chi connectivity index (χ1v) is 11.1. The highest BCUT2D eigenvalue weighted by Crippen LogP contribution is 2.21. The molecular formula is C23H26N4OS+2. The van der Waals surface area contributed by atoms with Crippen LogP contribution in [-0.4, -0.2) is 48.0 Å². The number of nitrogens with zero attached hydrogens (tertiary/aromatic N) is 1. The molecule has 2 aromatic carbocycles. The number of carbonyl (C=O) groups excluding carboxylic acids is 1. The highest BCUT2D eigenvalue weighted by Gasteiger charge is 2.32. The molecule has 5 nitrogen and oxygen atoms in total. The number of hydrogen-bond donors (Lipinski definition) is 3. The van der Waals surface area contributed by atoms with Crippen LogP contribution in [0.25, 0.3) is 21.1 Å². The van der Waals surface area contributed by atoms with Crippen molar-refractivity contribution in [2.45, 2.75) is 19.5 Å². The van der Waals surface area contributed by atoms with Crippen LogP contribution in [-0.2, 0) is 6.54 Å². The van der Waals surface area contributed by atoms with E-state index in [4.69, 9.17) is 4.98 Å². The normalized spacial score (nSPS) is 20.9. The average molecular weight is 407 g/mol. The lowest BCUT2D eigenvalue weighted by molar-refractivity contribution is -1.02. The molecule has 0 radical (unpaired) electrons. The zero-order valence-corrected chi connectivity index (χ0v) is 17.4. The standard InChI is InChI=1S/C23H24N4OS/c1-16(23(28)18-14-24-19-7-3-2-6-17(18)19)27-12-10-26(11-13-27)15-22-25-20-8-4-5-9-21(20)29-22/h2-9,14,16,24H,10-13,15H2,1H3/p+2/t16-/m1/s1. The number of hydrogen-bond acceptors (Lipinski definition) is 3. The number of para-hydroxylation sites is 2. The molecule has 0 saturated carbocycles. The lowest BCUT2D eigenvalue weighted by atomic mass is 10.0. The molecule has 2 aromatic heterocycles. The summed E-state index contributed by atoms with van der Waals surface area (Å²) < 4.78 is 1.27. The van der Waals surface area contributed by atoms with Gasteiger partial charge in [0.1, 0.15) is 43.8 Å². The van der Waals surface area contributed by atoms with Crippen molar-refractivity contribution in [1.29, 1.82) is 0 Å². The van der Waals surface area contributed by atoms with Crippen LogP contribution >= 0.6 is 11.3 Å². The van der Waals surface area contributed by atoms with Crippen LogP contribution in [0.2, 0.25) is 0 Å². The van der Waals surface area contributed by atoms with E-state index in [-0.39, 0.29) is 11.8 Å². The van der Waals surface area contributed by atoms with Crippen molar-refractivity contribution < 1.29 is 14.6 Å². The molecule has 1 aliphatic rings. The van der Waals surface area contributed by atoms with Gasteiger partial charge in [0.15, 0.2) is 0 Å². The molecule has 5 rings (SSSR count). The molecule has 3 heterocycles. The highest BCUT2D eigenvalue weighted by atomic mass is 32.1. The Morgan fingerprint density at radius 3 is 2.69 bits per heavy atom. The smallest absolute Gasteiger partial charge is 0.221 e. The molecule has 0 aliphatic carbocycles. The SMILES string of the molecule is C[C@H](C(=O)c1c[nH]c2ccccc12)[NH+]1CC[NH+](Cc2nc3ccccc3s2)CC1. The molecule has 3 N–H and O–H groups in total. The maximum Gasteiger partial charge on any atom is 0.221 e. The second-order valence-electron chi connectivity index (χ2n) is 7.99. The first-order chi connectivity index (χ1) is 14.2. The molecule has 1 atom stereocenters. The Labute approximate surface area is 174 Å². The molecule has 1 fully saturated rings. The van der Waals surface area contributed by atoms with E-state index >= 15 is 0 Å². The van der Waals surface area contributed by atoms with Gasteiger partial charge in [-0.2, -0.15) is 0 Å². The number of Topliss-reactive ketones (excluding diaryl/α,β-unsaturated/α-hetero) is 1. The number of fused-ring (bicyclic) bond motifs is 2. The molecule has 0 bridgehead atoms. The Kier molecular flexibility index (Phi) is 4.91. The van der Waals surface area contributed by atoms with Gasteiger partial charge in [0.2, 0.25) is 5.78 Å². The maximum atomic E-state index is 13.1. The van der Waals surface area contributed by atoms with E-state index in [1.165, 1.54) is 14.6 Å². The summed E-state index contributed by atoms with van der Waals surface area (Å²) in [7, 11) is 0. The fourth-order valence-corrected chi connectivity index (χ4v) is 5.48. The van der Waals surface area contributed by atoms with Crippen molar-refractivity contribution in [2.75, 3.05) is 26.2 Å². The molecule has 29 heavy (non-hydrogen) atoms. The van der Waals surface area contributed by atoms with Gasteiger partial charge in [-0.05, 0) is 25.1 Å². The summed E-state index contributed by atoms with van der Waals surface area (Å²) in [4.78, 5) is 24.1. The lowest BCUT2D eigenvalue weighted by Crippen LogP contribution is -3.29. The molecule has 148 valence electrons. The van der Waals surface area contributed by atoms with Crippen LogP contribution in [0.3, 0.4) is 0 Å². The van der Waals surface area contributed by atoms with Crippen molar-refractivity contribution >= 4 is 38.2 Å². The topological polar surface area (TPSA) is 54.6 Å². The average Bonchev–Trinajstić information content (AvgIpc) is 3.37. The minimum Gasteiger partial charge on any atom is -0.360 e. The Bertz CT molecular complexity index is 1120. The number of piperazine rings is 1. The molecule has 0 amide bonds. The second-order valence-corrected chi connectivity index (χ2v) is 9.11. The summed E-state index contributed by atoms with van der Waals surface area (Å²) >= 11 is 1.81. The number of quaternary nitrogens is 2. The third-order valence-corrected chi connectivity index (χ3v) is 7.24. The molecule has 1 saturated heterocycles. The van der Waals surface area contributed by atoms with Crippen molar-refractivity contribution in [3.63, 3.8) is 0 Å². The quantitative estimate of drug-likeness (QED) is 0.438. The second kappa shape index (κ2) is 7.71. The zero-order valence-electron chi connectivity index (χ0n) is 16.6. The number of aromatic nitrogens is 2. The third kappa shape index (κ3) is 3.59. The minimum atomic E-state index is -0.0155. The van der Waals surface area contributed by atoms with Crippen molar-refractivity contribution in [1.82, 2.24) is 9.97 Å². The van der Waals surface area contributed by atoms with Crippen LogP contribution in [0.4, 0.5) is 0 Å². The number of ketones is 1. The molecular weight excluding hydrogens is 380 g/mol. The van der Waals surface area contributed by atoms with Gasteiger partial charge in [0.25, 0.3) is 0 Å². The predicted molar refractivity (Wildman–Crippen MR) is 117 cm³/mol. The largest absolute Gasteiger partial charge is 0.360 e. The van der Waals surface area contributed by atoms with Crippen LogP contribution < -0.4 is 9.80 Å². The van der Waals surface area contributed by atoms with Gasteiger partial charge in [0, 0.05) is 22.7 Å². The van der Waals surface area contributed by atoms with Gasteiger partial charge in [-0.15, -0.1) is 11.3 Å². The highest BCUT2D eigenvalue weighted by molar-refractivity contribution is 7.18. The van der Waals surface area contributed by atoms with Crippen molar-refractivity contribution in [3.05, 3.63) is 65.3 Å². The maximum absolute atomic E-state index is 13.1. The lowest BCUT2D eigenvalue weighted by Gasteiger charge is -2.32. The van der Waals surface area contributed by atoms with Gasteiger partial charge in [0.05, 0.1) is 10.2 Å². The number of aromatic amines is 1. The Morgan fingerprint density at radius 2 is 1.86 bits per heavy atom. The van der Waals surface area contributed by atoms with Crippen molar-refractivity contribution in [2.24, 2.45) is 0 Å². The summed E-state index contributed by atoms with van der Waals surface area (Å²) in [5, 5.41) is 2.25. The van der Waals surface area contributed by atoms with E-state index in [9.17, 15) is 4.79 Å². The predicted octanol–water partition coefficient (Wildman–Crippen LogP) is 1.33. The first kappa shape index (κ1) is 18.5. The molecule has 4 aromatic rings. The summed E-state index contributed by atoms with van der Waals surface area (Å²) in [6, 6.07) is 16.4. The minimum absolute atomic E-state index is 0.0155. The fourth-order valence-electron chi connectivity index (χ4n) is 4.44. The molecule has 6 heteroatoms. The summed E-state index contributed by atoms with van der Waals surface area (Å²) in [5.41, 5.74) is 2.96. The number of nitrogens with one attached hydrogen (secondary N) is 3. The Hall–Kier alpha value is -2.54. The van der Waals surface area contributed by atoms with Gasteiger partial charge in [-0.1, -0.05) is 30.3 Å². The summed E-state index contributed by atoms with van der Waals surface area (Å²) in [6.07, 6.45) is 1.87. The number of benzene rings is 2. The molecule has 1 aliphatic heterocycles. The molecule has 0 spiro atoms. The number of H-pyrrole nitrogens is 1. The van der Waals surface area contributed by atoms with Gasteiger partial charge in [-0.25, -0.2) is 4.98 Å². The van der Waals surface area contributed by atoms with E-state index in [0.29, 0.717) is 0 Å². The van der Waals surface area contributed by atoms with Crippen LogP contribution in [0.15, 0.2) is 54.7 Å². The van der Waals surface area contributed by atoms with E-state index in [1.54, 1.807) is 16.2 Å². The van der Waals surface area contributed by atoms with Crippen LogP contribution in [0.1, 0.15) is 22.3 Å². The first-order valence-electron chi connectivity index (χ1n) is 10.3. The Balaban J connectivity index is 1.22. The number of thiazole rings is 1. The monoisotopic (exact) mass is 406 g/mol. The van der Waals surface area contributed by atoms with E-state index in [2.05, 4.69) is 30.1 Å². The van der Waals surface area contributed by atoms with Gasteiger partial charge in [-0.3, -0.25) is 4.79 Å². The van der Waals surface area contributed by atoms with E-state index in [1.807, 2.05) is 36.5 Å². The summed E-state index contributed by atoms with van der Waals surface area (Å²) in [5.74, 6) is 0.243. The third-order valence-electron chi connectivity index (χ3n) is 6.20. The molecule has 0 unspecified atom stereocenters. The van der Waals surface area contributed by atoms with Crippen molar-refractivity contribution in [3.8, 4) is 0 Å². The van der Waals surface area contributed by atoms with Gasteiger partial charge >= 0.3 is 0 Å². The zero-order chi connectivity index (χ0) is 19.8.